The average Bonchev–Trinajstić information content (AvgIpc) is 3.20. The second kappa shape index (κ2) is 47.8. The van der Waals surface area contributed by atoms with Gasteiger partial charge in [-0.05, 0) is 25.2 Å². The third-order valence-electron chi connectivity index (χ3n) is 12.7. The molecule has 0 spiro atoms. The first-order valence-corrected chi connectivity index (χ1v) is 26.7. The van der Waals surface area contributed by atoms with E-state index in [4.69, 9.17) is 4.74 Å². The molecule has 0 radical (unpaired) electrons. The van der Waals surface area contributed by atoms with E-state index in [-0.39, 0.29) is 11.8 Å². The maximum absolute atomic E-state index is 13.4. The van der Waals surface area contributed by atoms with Gasteiger partial charge in [0, 0.05) is 6.42 Å². The topological polar surface area (TPSA) is 43.4 Å². The molecule has 1 atom stereocenters. The molecule has 0 aromatic heterocycles. The molecule has 0 amide bonds. The van der Waals surface area contributed by atoms with Crippen LogP contribution in [0.15, 0.2) is 0 Å². The van der Waals surface area contributed by atoms with Gasteiger partial charge < -0.3 is 4.74 Å². The molecule has 0 aliphatic heterocycles. The molecule has 0 aromatic carbocycles. The van der Waals surface area contributed by atoms with Gasteiger partial charge in [0.05, 0.1) is 6.61 Å². The number of rotatable bonds is 49. The van der Waals surface area contributed by atoms with Crippen molar-refractivity contribution in [2.45, 2.75) is 317 Å². The molecular formula is C54H106O3. The van der Waals surface area contributed by atoms with Crippen LogP contribution >= 0.6 is 0 Å². The van der Waals surface area contributed by atoms with Gasteiger partial charge in [-0.15, -0.1) is 0 Å². The van der Waals surface area contributed by atoms with Crippen LogP contribution in [0.3, 0.4) is 0 Å². The summed E-state index contributed by atoms with van der Waals surface area (Å²) in [5.41, 5.74) is 0. The van der Waals surface area contributed by atoms with Crippen LogP contribution in [-0.4, -0.2) is 18.4 Å². The first-order valence-electron chi connectivity index (χ1n) is 26.7. The summed E-state index contributed by atoms with van der Waals surface area (Å²) in [6.07, 6.45) is 58.2. The fourth-order valence-corrected chi connectivity index (χ4v) is 8.67. The molecular weight excluding hydrogens is 697 g/mol. The number of unbranched alkanes of at least 4 members (excludes halogenated alkanes) is 39. The Balaban J connectivity index is 4.20. The zero-order valence-corrected chi connectivity index (χ0v) is 39.9. The Morgan fingerprint density at radius 3 is 0.912 bits per heavy atom. The fourth-order valence-electron chi connectivity index (χ4n) is 8.67. The zero-order chi connectivity index (χ0) is 41.5. The van der Waals surface area contributed by atoms with E-state index in [1.54, 1.807) is 0 Å². The number of esters is 1. The monoisotopic (exact) mass is 803 g/mol. The molecule has 0 aromatic rings. The second-order valence-electron chi connectivity index (χ2n) is 19.0. The van der Waals surface area contributed by atoms with E-state index in [1.165, 1.54) is 238 Å². The van der Waals surface area contributed by atoms with Crippen molar-refractivity contribution in [1.82, 2.24) is 0 Å². The summed E-state index contributed by atoms with van der Waals surface area (Å²) in [5, 5.41) is 0. The van der Waals surface area contributed by atoms with Crippen LogP contribution < -0.4 is 0 Å². The van der Waals surface area contributed by atoms with E-state index in [0.29, 0.717) is 19.4 Å². The van der Waals surface area contributed by atoms with Crippen molar-refractivity contribution in [3.8, 4) is 0 Å². The van der Waals surface area contributed by atoms with Crippen LogP contribution in [0, 0.1) is 11.8 Å². The van der Waals surface area contributed by atoms with Gasteiger partial charge in [0.15, 0.2) is 0 Å². The van der Waals surface area contributed by atoms with Gasteiger partial charge >= 0.3 is 5.97 Å². The van der Waals surface area contributed by atoms with Gasteiger partial charge in [0.2, 0.25) is 0 Å². The van der Waals surface area contributed by atoms with Crippen LogP contribution in [-0.2, 0) is 14.3 Å². The Kier molecular flexibility index (Phi) is 47.1. The van der Waals surface area contributed by atoms with Gasteiger partial charge in [0.25, 0.3) is 0 Å². The van der Waals surface area contributed by atoms with Gasteiger partial charge in [-0.3, -0.25) is 9.59 Å². The Hall–Kier alpha value is -0.860. The smallest absolute Gasteiger partial charge is 0.316 e. The Labute approximate surface area is 360 Å². The third-order valence-corrected chi connectivity index (χ3v) is 12.7. The lowest BCUT2D eigenvalue weighted by Gasteiger charge is -2.15. The predicted octanol–water partition coefficient (Wildman–Crippen LogP) is 19.0. The highest BCUT2D eigenvalue weighted by Gasteiger charge is 2.27. The molecule has 0 aliphatic carbocycles. The number of ketones is 1. The van der Waals surface area contributed by atoms with Crippen LogP contribution in [0.2, 0.25) is 0 Å². The van der Waals surface area contributed by atoms with Crippen molar-refractivity contribution in [2.75, 3.05) is 6.61 Å². The second-order valence-corrected chi connectivity index (χ2v) is 19.0. The minimum Gasteiger partial charge on any atom is -0.465 e. The number of hydrogen-bond acceptors (Lipinski definition) is 3. The normalized spacial score (nSPS) is 12.2. The van der Waals surface area contributed by atoms with Gasteiger partial charge in [-0.2, -0.15) is 0 Å². The molecule has 0 saturated carbocycles. The van der Waals surface area contributed by atoms with Crippen molar-refractivity contribution >= 4 is 11.8 Å². The van der Waals surface area contributed by atoms with Gasteiger partial charge in [-0.25, -0.2) is 0 Å². The molecule has 0 N–H and O–H groups in total. The summed E-state index contributed by atoms with van der Waals surface area (Å²) in [5.74, 6) is 0.238. The summed E-state index contributed by atoms with van der Waals surface area (Å²) in [6, 6.07) is 0. The Bertz CT molecular complexity index is 790. The molecule has 0 heterocycles. The highest BCUT2D eigenvalue weighted by atomic mass is 16.5. The van der Waals surface area contributed by atoms with Crippen LogP contribution in [0.1, 0.15) is 317 Å². The Morgan fingerprint density at radius 1 is 0.333 bits per heavy atom. The van der Waals surface area contributed by atoms with Gasteiger partial charge in [0.1, 0.15) is 11.7 Å². The maximum atomic E-state index is 13.4. The molecule has 0 fully saturated rings. The average molecular weight is 803 g/mol. The van der Waals surface area contributed by atoms with Crippen molar-refractivity contribution in [3.05, 3.63) is 0 Å². The highest BCUT2D eigenvalue weighted by molar-refractivity contribution is 5.98. The van der Waals surface area contributed by atoms with Crippen molar-refractivity contribution in [2.24, 2.45) is 11.8 Å². The molecule has 0 saturated heterocycles. The number of carbonyl (C=O) groups excluding carboxylic acids is 2. The third kappa shape index (κ3) is 44.5. The lowest BCUT2D eigenvalue weighted by molar-refractivity contribution is -0.152. The fraction of sp³-hybridized carbons (Fsp3) is 0.963. The molecule has 0 bridgehead atoms. The molecule has 340 valence electrons. The number of hydrogen-bond donors (Lipinski definition) is 0. The minimum absolute atomic E-state index is 0.148. The van der Waals surface area contributed by atoms with Crippen LogP contribution in [0.5, 0.6) is 0 Å². The highest BCUT2D eigenvalue weighted by Crippen LogP contribution is 2.21. The van der Waals surface area contributed by atoms with Crippen LogP contribution in [0.4, 0.5) is 0 Å². The molecule has 1 unspecified atom stereocenters. The zero-order valence-electron chi connectivity index (χ0n) is 39.9. The molecule has 3 nitrogen and oxygen atoms in total. The van der Waals surface area contributed by atoms with Crippen molar-refractivity contribution in [1.29, 1.82) is 0 Å². The quantitative estimate of drug-likeness (QED) is 0.0350. The van der Waals surface area contributed by atoms with Crippen molar-refractivity contribution < 1.29 is 14.3 Å². The number of ether oxygens (including phenoxy) is 1. The number of carbonyl (C=O) groups is 2. The SMILES string of the molecule is CCCCCCCCCCCCCCCCCCOC(=O)C(CCCCCCCCCCCCCCCC)C(=O)CCCCCCCCCCCCCCC(C)C. The van der Waals surface area contributed by atoms with E-state index < -0.39 is 5.92 Å². The first kappa shape index (κ1) is 56.1. The molecule has 57 heavy (non-hydrogen) atoms. The van der Waals surface area contributed by atoms with Crippen LogP contribution in [0.25, 0.3) is 0 Å². The summed E-state index contributed by atoms with van der Waals surface area (Å²) < 4.78 is 5.78. The lowest BCUT2D eigenvalue weighted by Crippen LogP contribution is -2.26. The maximum Gasteiger partial charge on any atom is 0.316 e. The van der Waals surface area contributed by atoms with Crippen molar-refractivity contribution in [3.63, 3.8) is 0 Å². The van der Waals surface area contributed by atoms with E-state index in [2.05, 4.69) is 27.7 Å². The minimum atomic E-state index is -0.534. The summed E-state index contributed by atoms with van der Waals surface area (Å²) in [4.78, 5) is 26.6. The Morgan fingerprint density at radius 2 is 0.596 bits per heavy atom. The summed E-state index contributed by atoms with van der Waals surface area (Å²) >= 11 is 0. The molecule has 0 rings (SSSR count). The predicted molar refractivity (Wildman–Crippen MR) is 253 cm³/mol. The van der Waals surface area contributed by atoms with Gasteiger partial charge in [-0.1, -0.05) is 291 Å². The van der Waals surface area contributed by atoms with E-state index in [9.17, 15) is 9.59 Å². The standard InChI is InChI=1S/C54H106O3/c1-5-7-9-11-13-15-17-19-21-22-26-30-34-38-42-46-50-57-54(56)52(48-44-40-36-32-28-23-20-18-16-14-12-10-8-6-2)53(55)49-45-41-37-33-29-25-24-27-31-35-39-43-47-51(3)4/h51-52H,5-50H2,1-4H3. The van der Waals surface area contributed by atoms with E-state index in [0.717, 1.165) is 44.4 Å². The largest absolute Gasteiger partial charge is 0.465 e. The summed E-state index contributed by atoms with van der Waals surface area (Å²) in [6.45, 7) is 9.72. The van der Waals surface area contributed by atoms with E-state index in [1.807, 2.05) is 0 Å². The molecule has 0 aliphatic rings. The lowest BCUT2D eigenvalue weighted by atomic mass is 9.92. The number of Topliss-reactive ketones (excluding diaryl/α,β-unsaturated/α-hetero) is 1. The summed E-state index contributed by atoms with van der Waals surface area (Å²) in [7, 11) is 0. The van der Waals surface area contributed by atoms with E-state index >= 15 is 0 Å². The molecule has 3 heteroatoms. The first-order chi connectivity index (χ1) is 28.0.